The molecular formula is C17H32N2O. The van der Waals surface area contributed by atoms with E-state index in [2.05, 4.69) is 26.1 Å². The van der Waals surface area contributed by atoms with Crippen molar-refractivity contribution >= 4 is 0 Å². The van der Waals surface area contributed by atoms with Gasteiger partial charge in [-0.05, 0) is 24.7 Å². The Kier molecular flexibility index (Phi) is 3.67. The summed E-state index contributed by atoms with van der Waals surface area (Å²) in [6.45, 7) is 9.97. The lowest BCUT2D eigenvalue weighted by atomic mass is 9.48. The second-order valence-corrected chi connectivity index (χ2v) is 8.42. The third-order valence-electron chi connectivity index (χ3n) is 6.69. The van der Waals surface area contributed by atoms with E-state index in [-0.39, 0.29) is 11.0 Å². The zero-order valence-electron chi connectivity index (χ0n) is 13.5. The average Bonchev–Trinajstić information content (AvgIpc) is 2.87. The Balaban J connectivity index is 1.55. The van der Waals surface area contributed by atoms with Crippen LogP contribution >= 0.6 is 0 Å². The summed E-state index contributed by atoms with van der Waals surface area (Å²) in [7, 11) is 0. The molecule has 0 aromatic heterocycles. The largest absolute Gasteiger partial charge is 0.377 e. The highest BCUT2D eigenvalue weighted by Gasteiger charge is 2.67. The van der Waals surface area contributed by atoms with Gasteiger partial charge in [0.05, 0.1) is 6.10 Å². The molecular weight excluding hydrogens is 248 g/mol. The molecule has 1 aliphatic heterocycles. The molecule has 0 aromatic rings. The summed E-state index contributed by atoms with van der Waals surface area (Å²) in [6.07, 6.45) is 8.49. The van der Waals surface area contributed by atoms with Crippen molar-refractivity contribution in [2.45, 2.75) is 70.9 Å². The lowest BCUT2D eigenvalue weighted by molar-refractivity contribution is -0.153. The number of fused-ring (bicyclic) bond motifs is 1. The van der Waals surface area contributed by atoms with Gasteiger partial charge in [-0.25, -0.2) is 0 Å². The smallest absolute Gasteiger partial charge is 0.0691 e. The monoisotopic (exact) mass is 280 g/mol. The SMILES string of the molecule is CC1(CNCC2(N)C3CCOC3C2(C)C)CCCCC1. The minimum atomic E-state index is -0.0841. The lowest BCUT2D eigenvalue weighted by Gasteiger charge is -2.62. The van der Waals surface area contributed by atoms with Crippen molar-refractivity contribution in [3.05, 3.63) is 0 Å². The normalized spacial score (nSPS) is 42.0. The molecule has 1 saturated heterocycles. The summed E-state index contributed by atoms with van der Waals surface area (Å²) in [5.74, 6) is 0.559. The topological polar surface area (TPSA) is 47.3 Å². The maximum Gasteiger partial charge on any atom is 0.0691 e. The Morgan fingerprint density at radius 1 is 1.10 bits per heavy atom. The number of hydrogen-bond donors (Lipinski definition) is 2. The predicted molar refractivity (Wildman–Crippen MR) is 82.6 cm³/mol. The van der Waals surface area contributed by atoms with Crippen LogP contribution in [0.5, 0.6) is 0 Å². The summed E-state index contributed by atoms with van der Waals surface area (Å²) in [4.78, 5) is 0. The standard InChI is InChI=1S/C17H32N2O/c1-15(2)14-13(7-10-20-14)17(15,18)12-19-11-16(3)8-5-4-6-9-16/h13-14,19H,4-12,18H2,1-3H3. The average molecular weight is 280 g/mol. The Morgan fingerprint density at radius 3 is 2.50 bits per heavy atom. The molecule has 3 rings (SSSR count). The fraction of sp³-hybridized carbons (Fsp3) is 1.00. The second-order valence-electron chi connectivity index (χ2n) is 8.42. The van der Waals surface area contributed by atoms with Gasteiger partial charge >= 0.3 is 0 Å². The first-order valence-corrected chi connectivity index (χ1v) is 8.50. The number of hydrogen-bond acceptors (Lipinski definition) is 3. The van der Waals surface area contributed by atoms with E-state index < -0.39 is 0 Å². The Bertz CT molecular complexity index is 362. The summed E-state index contributed by atoms with van der Waals surface area (Å²) in [6, 6.07) is 0. The highest BCUT2D eigenvalue weighted by molar-refractivity contribution is 5.21. The molecule has 116 valence electrons. The summed E-state index contributed by atoms with van der Waals surface area (Å²) < 4.78 is 5.87. The van der Waals surface area contributed by atoms with Gasteiger partial charge in [-0.1, -0.05) is 40.0 Å². The maximum absolute atomic E-state index is 6.78. The van der Waals surface area contributed by atoms with E-state index in [1.54, 1.807) is 0 Å². The zero-order valence-corrected chi connectivity index (χ0v) is 13.5. The first kappa shape index (κ1) is 14.8. The molecule has 3 fully saturated rings. The van der Waals surface area contributed by atoms with Crippen molar-refractivity contribution in [1.29, 1.82) is 0 Å². The van der Waals surface area contributed by atoms with Gasteiger partial charge in [-0.15, -0.1) is 0 Å². The Morgan fingerprint density at radius 2 is 1.80 bits per heavy atom. The van der Waals surface area contributed by atoms with E-state index in [0.29, 0.717) is 17.4 Å². The van der Waals surface area contributed by atoms with Crippen molar-refractivity contribution in [1.82, 2.24) is 5.32 Å². The molecule has 3 aliphatic rings. The number of nitrogens with one attached hydrogen (secondary N) is 1. The molecule has 3 N–H and O–H groups in total. The summed E-state index contributed by atoms with van der Waals surface area (Å²) in [5, 5.41) is 3.73. The van der Waals surface area contributed by atoms with Crippen LogP contribution in [0.3, 0.4) is 0 Å². The van der Waals surface area contributed by atoms with E-state index in [9.17, 15) is 0 Å². The van der Waals surface area contributed by atoms with Gasteiger partial charge in [-0.3, -0.25) is 0 Å². The van der Waals surface area contributed by atoms with Crippen molar-refractivity contribution in [3.8, 4) is 0 Å². The fourth-order valence-electron chi connectivity index (χ4n) is 4.99. The van der Waals surface area contributed by atoms with Crippen LogP contribution in [0.15, 0.2) is 0 Å². The number of nitrogens with two attached hydrogens (primary N) is 1. The van der Waals surface area contributed by atoms with Crippen molar-refractivity contribution in [2.24, 2.45) is 22.5 Å². The minimum absolute atomic E-state index is 0.0841. The highest BCUT2D eigenvalue weighted by Crippen LogP contribution is 2.57. The van der Waals surface area contributed by atoms with Crippen LogP contribution in [0.1, 0.15) is 59.3 Å². The third kappa shape index (κ3) is 2.13. The molecule has 1 heterocycles. The van der Waals surface area contributed by atoms with E-state index in [0.717, 1.165) is 26.1 Å². The molecule has 0 spiro atoms. The van der Waals surface area contributed by atoms with E-state index >= 15 is 0 Å². The van der Waals surface area contributed by atoms with Crippen LogP contribution in [0.2, 0.25) is 0 Å². The van der Waals surface area contributed by atoms with Crippen LogP contribution in [0, 0.1) is 16.7 Å². The van der Waals surface area contributed by atoms with Crippen LogP contribution in [-0.2, 0) is 4.74 Å². The molecule has 3 atom stereocenters. The predicted octanol–water partition coefficient (Wildman–Crippen LogP) is 2.69. The maximum atomic E-state index is 6.78. The molecule has 0 radical (unpaired) electrons. The molecule has 0 amide bonds. The Hall–Kier alpha value is -0.120. The second kappa shape index (κ2) is 4.96. The van der Waals surface area contributed by atoms with Gasteiger partial charge < -0.3 is 15.8 Å². The van der Waals surface area contributed by atoms with E-state index in [1.807, 2.05) is 0 Å². The molecule has 0 aromatic carbocycles. The molecule has 3 heteroatoms. The van der Waals surface area contributed by atoms with Crippen molar-refractivity contribution in [3.63, 3.8) is 0 Å². The van der Waals surface area contributed by atoms with Gasteiger partial charge in [0.2, 0.25) is 0 Å². The summed E-state index contributed by atoms with van der Waals surface area (Å²) in [5.41, 5.74) is 7.30. The van der Waals surface area contributed by atoms with Gasteiger partial charge in [0.15, 0.2) is 0 Å². The molecule has 3 unspecified atom stereocenters. The molecule has 2 aliphatic carbocycles. The number of rotatable bonds is 4. The minimum Gasteiger partial charge on any atom is -0.377 e. The van der Waals surface area contributed by atoms with Crippen LogP contribution in [0.25, 0.3) is 0 Å². The van der Waals surface area contributed by atoms with E-state index in [4.69, 9.17) is 10.5 Å². The quantitative estimate of drug-likeness (QED) is 0.832. The van der Waals surface area contributed by atoms with Crippen LogP contribution < -0.4 is 11.1 Å². The first-order chi connectivity index (χ1) is 9.39. The van der Waals surface area contributed by atoms with Gasteiger partial charge in [0.25, 0.3) is 0 Å². The van der Waals surface area contributed by atoms with Crippen LogP contribution in [0.4, 0.5) is 0 Å². The van der Waals surface area contributed by atoms with Crippen LogP contribution in [-0.4, -0.2) is 31.3 Å². The van der Waals surface area contributed by atoms with Gasteiger partial charge in [-0.2, -0.15) is 0 Å². The number of ether oxygens (including phenoxy) is 1. The van der Waals surface area contributed by atoms with Crippen molar-refractivity contribution < 1.29 is 4.74 Å². The molecule has 20 heavy (non-hydrogen) atoms. The summed E-state index contributed by atoms with van der Waals surface area (Å²) >= 11 is 0. The first-order valence-electron chi connectivity index (χ1n) is 8.50. The molecule has 3 nitrogen and oxygen atoms in total. The highest BCUT2D eigenvalue weighted by atomic mass is 16.5. The third-order valence-corrected chi connectivity index (χ3v) is 6.69. The van der Waals surface area contributed by atoms with E-state index in [1.165, 1.54) is 32.1 Å². The molecule has 2 saturated carbocycles. The van der Waals surface area contributed by atoms with Crippen molar-refractivity contribution in [2.75, 3.05) is 19.7 Å². The molecule has 0 bridgehead atoms. The lowest BCUT2D eigenvalue weighted by Crippen LogP contribution is -2.78. The Labute approximate surface area is 124 Å². The zero-order chi connectivity index (χ0) is 14.4. The van der Waals surface area contributed by atoms with Gasteiger partial charge in [0, 0.05) is 36.6 Å². The van der Waals surface area contributed by atoms with Gasteiger partial charge in [0.1, 0.15) is 0 Å². The fourth-order valence-corrected chi connectivity index (χ4v) is 4.99.